The summed E-state index contributed by atoms with van der Waals surface area (Å²) in [4.78, 5) is 8.64. The second kappa shape index (κ2) is 5.54. The molecular formula is C15H12N8. The number of nitrogen functional groups attached to an aromatic ring is 2. The fourth-order valence-electron chi connectivity index (χ4n) is 2.46. The van der Waals surface area contributed by atoms with Gasteiger partial charge in [-0.1, -0.05) is 30.3 Å². The number of fused-ring (bicyclic) bond motifs is 1. The highest BCUT2D eigenvalue weighted by atomic mass is 15.2. The van der Waals surface area contributed by atoms with E-state index in [4.69, 9.17) is 16.7 Å². The van der Waals surface area contributed by atoms with Crippen molar-refractivity contribution in [2.24, 2.45) is 4.99 Å². The fraction of sp³-hybridized carbons (Fsp3) is 0.0667. The molecule has 0 saturated carbocycles. The normalized spacial score (nSPS) is 15.4. The minimum Gasteiger partial charge on any atom is -0.397 e. The Hall–Kier alpha value is -3.78. The Morgan fingerprint density at radius 3 is 2.57 bits per heavy atom. The summed E-state index contributed by atoms with van der Waals surface area (Å²) in [6.07, 6.45) is 1.81. The molecule has 1 aromatic heterocycles. The van der Waals surface area contributed by atoms with Gasteiger partial charge >= 0.3 is 0 Å². The van der Waals surface area contributed by atoms with E-state index in [0.717, 1.165) is 5.56 Å². The molecule has 0 spiro atoms. The van der Waals surface area contributed by atoms with Crippen molar-refractivity contribution in [3.63, 3.8) is 0 Å². The lowest BCUT2D eigenvalue weighted by molar-refractivity contribution is 0.847. The van der Waals surface area contributed by atoms with Crippen LogP contribution in [-0.4, -0.2) is 10.9 Å². The number of hydrogen-bond acceptors (Lipinski definition) is 8. The number of guanidine groups is 1. The van der Waals surface area contributed by atoms with Gasteiger partial charge in [0.2, 0.25) is 5.96 Å². The lowest BCUT2D eigenvalue weighted by Crippen LogP contribution is -2.32. The molecule has 1 aliphatic heterocycles. The van der Waals surface area contributed by atoms with E-state index in [2.05, 4.69) is 20.6 Å². The van der Waals surface area contributed by atoms with Gasteiger partial charge in [-0.05, 0) is 5.56 Å². The summed E-state index contributed by atoms with van der Waals surface area (Å²) >= 11 is 0. The minimum absolute atomic E-state index is 0.0290. The molecule has 1 aliphatic rings. The average Bonchev–Trinajstić information content (AvgIpc) is 2.55. The molecule has 8 nitrogen and oxygen atoms in total. The molecular weight excluding hydrogens is 292 g/mol. The van der Waals surface area contributed by atoms with E-state index in [9.17, 15) is 5.26 Å². The zero-order chi connectivity index (χ0) is 16.4. The summed E-state index contributed by atoms with van der Waals surface area (Å²) in [5.41, 5.74) is 13.7. The number of nitrogens with zero attached hydrogens (tertiary/aromatic N) is 4. The van der Waals surface area contributed by atoms with Crippen LogP contribution in [0.25, 0.3) is 0 Å². The van der Waals surface area contributed by atoms with Crippen LogP contribution in [-0.2, 0) is 0 Å². The molecule has 0 aliphatic carbocycles. The predicted molar refractivity (Wildman–Crippen MR) is 85.9 cm³/mol. The Kier molecular flexibility index (Phi) is 3.41. The Labute approximate surface area is 132 Å². The first-order valence-corrected chi connectivity index (χ1v) is 6.69. The molecule has 0 fully saturated rings. The first-order valence-electron chi connectivity index (χ1n) is 6.69. The Balaban J connectivity index is 2.24. The largest absolute Gasteiger partial charge is 0.397 e. The SMILES string of the molecule is N#CNC1=NC(c2ccccc2)c2c(nc(N)c(C#N)c2N)N1. The van der Waals surface area contributed by atoms with E-state index in [1.807, 2.05) is 36.4 Å². The first kappa shape index (κ1) is 14.2. The minimum atomic E-state index is -0.497. The summed E-state index contributed by atoms with van der Waals surface area (Å²) in [7, 11) is 0. The van der Waals surface area contributed by atoms with Crippen LogP contribution in [0.3, 0.4) is 0 Å². The summed E-state index contributed by atoms with van der Waals surface area (Å²) in [5, 5.41) is 23.4. The van der Waals surface area contributed by atoms with Crippen molar-refractivity contribution in [1.29, 1.82) is 10.5 Å². The van der Waals surface area contributed by atoms with Crippen LogP contribution in [0.4, 0.5) is 17.3 Å². The summed E-state index contributed by atoms with van der Waals surface area (Å²) in [5.74, 6) is 0.645. The third kappa shape index (κ3) is 2.34. The van der Waals surface area contributed by atoms with Gasteiger partial charge in [0.05, 0.1) is 5.69 Å². The van der Waals surface area contributed by atoms with Crippen LogP contribution in [0.15, 0.2) is 35.3 Å². The van der Waals surface area contributed by atoms with Gasteiger partial charge in [0.1, 0.15) is 29.3 Å². The Morgan fingerprint density at radius 1 is 1.17 bits per heavy atom. The van der Waals surface area contributed by atoms with Gasteiger partial charge in [-0.2, -0.15) is 10.5 Å². The van der Waals surface area contributed by atoms with E-state index in [1.165, 1.54) is 0 Å². The van der Waals surface area contributed by atoms with E-state index in [0.29, 0.717) is 11.4 Å². The number of pyridine rings is 1. The lowest BCUT2D eigenvalue weighted by Gasteiger charge is -2.26. The van der Waals surface area contributed by atoms with Crippen LogP contribution in [0.5, 0.6) is 0 Å². The maximum absolute atomic E-state index is 9.23. The highest BCUT2D eigenvalue weighted by molar-refractivity contribution is 5.98. The molecule has 2 heterocycles. The van der Waals surface area contributed by atoms with Gasteiger partial charge in [-0.3, -0.25) is 5.32 Å². The number of nitrogens with one attached hydrogen (secondary N) is 2. The second-order valence-corrected chi connectivity index (χ2v) is 4.81. The molecule has 3 rings (SSSR count). The zero-order valence-corrected chi connectivity index (χ0v) is 11.9. The number of anilines is 3. The van der Waals surface area contributed by atoms with Gasteiger partial charge < -0.3 is 16.8 Å². The molecule has 6 N–H and O–H groups in total. The Bertz CT molecular complexity index is 873. The molecule has 23 heavy (non-hydrogen) atoms. The standard InChI is InChI=1S/C15H12N8/c16-6-9-11(18)10-12(8-4-2-1-3-5-8)21-15(20-7-17)23-14(10)22-13(9)19/h1-5,12H,(H6,18,19,20,21,22,23). The van der Waals surface area contributed by atoms with Gasteiger partial charge in [0, 0.05) is 5.56 Å². The number of nitrogens with two attached hydrogens (primary N) is 2. The van der Waals surface area contributed by atoms with Crippen LogP contribution < -0.4 is 22.1 Å². The van der Waals surface area contributed by atoms with Gasteiger partial charge in [0.25, 0.3) is 0 Å². The first-order chi connectivity index (χ1) is 11.2. The van der Waals surface area contributed by atoms with Crippen molar-refractivity contribution in [3.05, 3.63) is 47.0 Å². The predicted octanol–water partition coefficient (Wildman–Crippen LogP) is 1.06. The van der Waals surface area contributed by atoms with E-state index in [-0.39, 0.29) is 23.0 Å². The molecule has 0 bridgehead atoms. The highest BCUT2D eigenvalue weighted by Crippen LogP contribution is 2.40. The van der Waals surface area contributed by atoms with Crippen LogP contribution in [0.1, 0.15) is 22.7 Å². The highest BCUT2D eigenvalue weighted by Gasteiger charge is 2.29. The molecule has 8 heteroatoms. The number of nitriles is 2. The molecule has 0 radical (unpaired) electrons. The second-order valence-electron chi connectivity index (χ2n) is 4.81. The van der Waals surface area contributed by atoms with Gasteiger partial charge in [-0.15, -0.1) is 0 Å². The quantitative estimate of drug-likeness (QED) is 0.454. The number of hydrogen-bond donors (Lipinski definition) is 4. The number of aromatic nitrogens is 1. The van der Waals surface area contributed by atoms with Crippen molar-refractivity contribution in [3.8, 4) is 12.3 Å². The molecule has 112 valence electrons. The molecule has 1 aromatic carbocycles. The van der Waals surface area contributed by atoms with Crippen molar-refractivity contribution in [1.82, 2.24) is 10.3 Å². The smallest absolute Gasteiger partial charge is 0.211 e. The third-order valence-electron chi connectivity index (χ3n) is 3.47. The summed E-state index contributed by atoms with van der Waals surface area (Å²) in [6, 6.07) is 10.9. The summed E-state index contributed by atoms with van der Waals surface area (Å²) < 4.78 is 0. The maximum Gasteiger partial charge on any atom is 0.211 e. The molecule has 1 atom stereocenters. The molecule has 0 amide bonds. The van der Waals surface area contributed by atoms with Crippen LogP contribution in [0.2, 0.25) is 0 Å². The topological polar surface area (TPSA) is 149 Å². The van der Waals surface area contributed by atoms with Crippen molar-refractivity contribution in [2.45, 2.75) is 6.04 Å². The van der Waals surface area contributed by atoms with Gasteiger partial charge in [-0.25, -0.2) is 9.98 Å². The van der Waals surface area contributed by atoms with E-state index < -0.39 is 6.04 Å². The van der Waals surface area contributed by atoms with E-state index in [1.54, 1.807) is 6.19 Å². The third-order valence-corrected chi connectivity index (χ3v) is 3.47. The van der Waals surface area contributed by atoms with Crippen LogP contribution >= 0.6 is 0 Å². The van der Waals surface area contributed by atoms with Crippen molar-refractivity contribution >= 4 is 23.3 Å². The summed E-state index contributed by atoms with van der Waals surface area (Å²) in [6.45, 7) is 0. The lowest BCUT2D eigenvalue weighted by atomic mass is 9.95. The van der Waals surface area contributed by atoms with Crippen molar-refractivity contribution in [2.75, 3.05) is 16.8 Å². The van der Waals surface area contributed by atoms with Crippen LogP contribution in [0, 0.1) is 22.8 Å². The Morgan fingerprint density at radius 2 is 1.91 bits per heavy atom. The maximum atomic E-state index is 9.23. The number of rotatable bonds is 1. The molecule has 1 unspecified atom stereocenters. The van der Waals surface area contributed by atoms with Crippen molar-refractivity contribution < 1.29 is 0 Å². The molecule has 2 aromatic rings. The molecule has 0 saturated heterocycles. The zero-order valence-electron chi connectivity index (χ0n) is 11.9. The average molecular weight is 304 g/mol. The van der Waals surface area contributed by atoms with Gasteiger partial charge in [0.15, 0.2) is 6.19 Å². The monoisotopic (exact) mass is 304 g/mol. The number of benzene rings is 1. The van der Waals surface area contributed by atoms with E-state index >= 15 is 0 Å². The fourth-order valence-corrected chi connectivity index (χ4v) is 2.46. The number of aliphatic imine (C=N–C) groups is 1.